The van der Waals surface area contributed by atoms with Crippen LogP contribution in [0, 0.1) is 0 Å². The van der Waals surface area contributed by atoms with Gasteiger partial charge in [-0.3, -0.25) is 0 Å². The van der Waals surface area contributed by atoms with Crippen LogP contribution in [0.4, 0.5) is 0 Å². The Morgan fingerprint density at radius 1 is 1.50 bits per heavy atom. The molecule has 1 rings (SSSR count). The first-order chi connectivity index (χ1) is 5.29. The van der Waals surface area contributed by atoms with Crippen LogP contribution in [0.15, 0.2) is 22.7 Å². The molecule has 1 aromatic rings. The Labute approximate surface area is 86.6 Å². The maximum Gasteiger partial charge on any atom is 0.133 e. The zero-order valence-electron chi connectivity index (χ0n) is 6.71. The molecule has 0 saturated carbocycles. The summed E-state index contributed by atoms with van der Waals surface area (Å²) in [5.41, 5.74) is 6.55. The molecule has 0 aromatic heterocycles. The van der Waals surface area contributed by atoms with Gasteiger partial charge in [-0.2, -0.15) is 0 Å². The first-order valence-electron chi connectivity index (χ1n) is 3.31. The van der Waals surface area contributed by atoms with E-state index in [1.807, 2.05) is 18.2 Å². The van der Waals surface area contributed by atoms with Crippen LogP contribution in [0.1, 0.15) is 5.56 Å². The van der Waals surface area contributed by atoms with Gasteiger partial charge < -0.3 is 10.5 Å². The number of methoxy groups -OCH3 is 1. The highest BCUT2D eigenvalue weighted by molar-refractivity contribution is 9.10. The molecule has 0 amide bonds. The van der Waals surface area contributed by atoms with E-state index in [1.54, 1.807) is 7.11 Å². The fraction of sp³-hybridized carbons (Fsp3) is 0.250. The fourth-order valence-electron chi connectivity index (χ4n) is 0.872. The number of benzene rings is 1. The maximum absolute atomic E-state index is 5.49. The van der Waals surface area contributed by atoms with Crippen molar-refractivity contribution in [1.82, 2.24) is 0 Å². The molecule has 0 saturated heterocycles. The smallest absolute Gasteiger partial charge is 0.133 e. The third-order valence-electron chi connectivity index (χ3n) is 1.48. The molecule has 0 radical (unpaired) electrons. The number of hydrogen-bond acceptors (Lipinski definition) is 2. The molecule has 0 heterocycles. The summed E-state index contributed by atoms with van der Waals surface area (Å²) in [5.74, 6) is 0.827. The van der Waals surface area contributed by atoms with E-state index in [4.69, 9.17) is 10.5 Å². The molecule has 0 unspecified atom stereocenters. The minimum absolute atomic E-state index is 0. The van der Waals surface area contributed by atoms with E-state index in [1.165, 1.54) is 0 Å². The third kappa shape index (κ3) is 2.37. The lowest BCUT2D eigenvalue weighted by atomic mass is 10.2. The van der Waals surface area contributed by atoms with Gasteiger partial charge in [-0.1, -0.05) is 12.1 Å². The summed E-state index contributed by atoms with van der Waals surface area (Å²) in [4.78, 5) is 0. The normalized spacial score (nSPS) is 8.92. The van der Waals surface area contributed by atoms with Gasteiger partial charge in [-0.05, 0) is 27.6 Å². The average Bonchev–Trinajstić information content (AvgIpc) is 2.05. The van der Waals surface area contributed by atoms with Crippen molar-refractivity contribution in [3.63, 3.8) is 0 Å². The summed E-state index contributed by atoms with van der Waals surface area (Å²) in [6, 6.07) is 5.78. The second-order valence-corrected chi connectivity index (χ2v) is 2.93. The molecule has 4 heteroatoms. The van der Waals surface area contributed by atoms with Gasteiger partial charge in [0.25, 0.3) is 0 Å². The van der Waals surface area contributed by atoms with Crippen molar-refractivity contribution in [3.8, 4) is 5.75 Å². The molecule has 0 fully saturated rings. The van der Waals surface area contributed by atoms with Gasteiger partial charge in [0.05, 0.1) is 11.6 Å². The van der Waals surface area contributed by atoms with E-state index in [-0.39, 0.29) is 12.4 Å². The molecular weight excluding hydrogens is 241 g/mol. The van der Waals surface area contributed by atoms with Crippen LogP contribution in [0.3, 0.4) is 0 Å². The summed E-state index contributed by atoms with van der Waals surface area (Å²) in [5, 5.41) is 0. The van der Waals surface area contributed by atoms with E-state index in [0.29, 0.717) is 6.54 Å². The molecule has 0 bridgehead atoms. The van der Waals surface area contributed by atoms with E-state index in [9.17, 15) is 0 Å². The largest absolute Gasteiger partial charge is 0.496 e. The highest BCUT2D eigenvalue weighted by Crippen LogP contribution is 2.27. The van der Waals surface area contributed by atoms with Crippen molar-refractivity contribution < 1.29 is 4.74 Å². The van der Waals surface area contributed by atoms with Crippen molar-refractivity contribution in [2.24, 2.45) is 5.73 Å². The van der Waals surface area contributed by atoms with Crippen LogP contribution in [-0.2, 0) is 6.54 Å². The number of nitrogens with two attached hydrogens (primary N) is 1. The van der Waals surface area contributed by atoms with E-state index >= 15 is 0 Å². The lowest BCUT2D eigenvalue weighted by molar-refractivity contribution is 0.411. The molecule has 2 N–H and O–H groups in total. The van der Waals surface area contributed by atoms with Gasteiger partial charge in [0.15, 0.2) is 0 Å². The van der Waals surface area contributed by atoms with Crippen molar-refractivity contribution >= 4 is 28.3 Å². The Kier molecular flexibility index (Phi) is 5.29. The second-order valence-electron chi connectivity index (χ2n) is 2.14. The zero-order valence-corrected chi connectivity index (χ0v) is 9.11. The Morgan fingerprint density at radius 2 is 2.17 bits per heavy atom. The summed E-state index contributed by atoms with van der Waals surface area (Å²) in [7, 11) is 1.64. The second kappa shape index (κ2) is 5.41. The van der Waals surface area contributed by atoms with Gasteiger partial charge in [0.2, 0.25) is 0 Å². The van der Waals surface area contributed by atoms with Gasteiger partial charge in [-0.15, -0.1) is 12.4 Å². The van der Waals surface area contributed by atoms with E-state index in [2.05, 4.69) is 15.9 Å². The van der Waals surface area contributed by atoms with Crippen LogP contribution >= 0.6 is 28.3 Å². The monoisotopic (exact) mass is 251 g/mol. The van der Waals surface area contributed by atoms with Crippen molar-refractivity contribution in [2.75, 3.05) is 7.11 Å². The van der Waals surface area contributed by atoms with Gasteiger partial charge in [0, 0.05) is 6.54 Å². The molecule has 0 atom stereocenters. The summed E-state index contributed by atoms with van der Waals surface area (Å²) >= 11 is 3.40. The van der Waals surface area contributed by atoms with Gasteiger partial charge in [0.1, 0.15) is 5.75 Å². The summed E-state index contributed by atoms with van der Waals surface area (Å²) < 4.78 is 6.03. The fourth-order valence-corrected chi connectivity index (χ4v) is 1.46. The SMILES string of the molecule is COc1cccc(CN)c1Br.Cl. The molecular formula is C8H11BrClNO. The van der Waals surface area contributed by atoms with Gasteiger partial charge in [-0.25, -0.2) is 0 Å². The van der Waals surface area contributed by atoms with E-state index < -0.39 is 0 Å². The van der Waals surface area contributed by atoms with Crippen LogP contribution in [0.5, 0.6) is 5.75 Å². The van der Waals surface area contributed by atoms with Crippen LogP contribution in [-0.4, -0.2) is 7.11 Å². The lowest BCUT2D eigenvalue weighted by Crippen LogP contribution is -1.98. The Morgan fingerprint density at radius 3 is 2.67 bits per heavy atom. The molecule has 0 aliphatic rings. The van der Waals surface area contributed by atoms with Crippen LogP contribution in [0.2, 0.25) is 0 Å². The Balaban J connectivity index is 0.00000121. The maximum atomic E-state index is 5.49. The van der Waals surface area contributed by atoms with Crippen molar-refractivity contribution in [2.45, 2.75) is 6.54 Å². The summed E-state index contributed by atoms with van der Waals surface area (Å²) in [6.07, 6.45) is 0. The predicted molar refractivity (Wildman–Crippen MR) is 55.8 cm³/mol. The molecule has 68 valence electrons. The summed E-state index contributed by atoms with van der Waals surface area (Å²) in [6.45, 7) is 0.526. The number of halogens is 2. The van der Waals surface area contributed by atoms with Crippen molar-refractivity contribution in [3.05, 3.63) is 28.2 Å². The predicted octanol–water partition coefficient (Wildman–Crippen LogP) is 2.34. The number of ether oxygens (including phenoxy) is 1. The topological polar surface area (TPSA) is 35.2 Å². The molecule has 1 aromatic carbocycles. The van der Waals surface area contributed by atoms with Crippen LogP contribution in [0.25, 0.3) is 0 Å². The molecule has 12 heavy (non-hydrogen) atoms. The standard InChI is InChI=1S/C8H10BrNO.ClH/c1-11-7-4-2-3-6(5-10)8(7)9;/h2-4H,5,10H2,1H3;1H. The number of hydrogen-bond donors (Lipinski definition) is 1. The minimum atomic E-state index is 0. The van der Waals surface area contributed by atoms with E-state index in [0.717, 1.165) is 15.8 Å². The molecule has 2 nitrogen and oxygen atoms in total. The minimum Gasteiger partial charge on any atom is -0.496 e. The molecule has 0 aliphatic heterocycles. The highest BCUT2D eigenvalue weighted by Gasteiger charge is 2.02. The zero-order chi connectivity index (χ0) is 8.27. The average molecular weight is 253 g/mol. The first kappa shape index (κ1) is 11.8. The van der Waals surface area contributed by atoms with Crippen molar-refractivity contribution in [1.29, 1.82) is 0 Å². The highest BCUT2D eigenvalue weighted by atomic mass is 79.9. The Hall–Kier alpha value is -0.250. The molecule has 0 spiro atoms. The van der Waals surface area contributed by atoms with Gasteiger partial charge >= 0.3 is 0 Å². The lowest BCUT2D eigenvalue weighted by Gasteiger charge is -2.05. The third-order valence-corrected chi connectivity index (χ3v) is 2.38. The quantitative estimate of drug-likeness (QED) is 0.877. The van der Waals surface area contributed by atoms with Crippen LogP contribution < -0.4 is 10.5 Å². The molecule has 0 aliphatic carbocycles. The Bertz CT molecular complexity index is 233. The number of rotatable bonds is 2. The first-order valence-corrected chi connectivity index (χ1v) is 4.10.